The molecular formula is C13H12F3N5O2. The number of aromatic nitrogens is 3. The molecule has 0 aliphatic heterocycles. The summed E-state index contributed by atoms with van der Waals surface area (Å²) in [5, 5.41) is 3.61. The molecule has 0 spiro atoms. The number of amides is 2. The minimum Gasteiger partial charge on any atom is -0.368 e. The number of hydrogen-bond donors (Lipinski definition) is 1. The summed E-state index contributed by atoms with van der Waals surface area (Å²) in [4.78, 5) is 27.5. The molecule has 0 aliphatic carbocycles. The maximum absolute atomic E-state index is 13.4. The van der Waals surface area contributed by atoms with E-state index in [-0.39, 0.29) is 5.82 Å². The Balaban J connectivity index is 2.52. The van der Waals surface area contributed by atoms with E-state index < -0.39 is 35.8 Å². The van der Waals surface area contributed by atoms with Gasteiger partial charge in [0.25, 0.3) is 5.91 Å². The van der Waals surface area contributed by atoms with E-state index in [4.69, 9.17) is 5.73 Å². The van der Waals surface area contributed by atoms with Crippen LogP contribution in [0.15, 0.2) is 30.6 Å². The molecule has 10 heteroatoms. The number of hydrogen-bond acceptors (Lipinski definition) is 4. The lowest BCUT2D eigenvalue weighted by Crippen LogP contribution is -2.36. The van der Waals surface area contributed by atoms with Gasteiger partial charge in [0.1, 0.15) is 0 Å². The molecule has 2 amide bonds. The third-order valence-electron chi connectivity index (χ3n) is 2.87. The minimum atomic E-state index is -4.84. The number of carbonyl (C=O) groups is 2. The molecule has 0 saturated carbocycles. The lowest BCUT2D eigenvalue weighted by Gasteiger charge is -2.16. The topological polar surface area (TPSA) is 94.1 Å². The standard InChI is InChI=1S/C13H12F3N5O2/c1-20(7-9(17)22)12(23)8-6-19-21(11(8)13(14,15)16)10-4-2-3-5-18-10/h2-6H,7H2,1H3,(H2,17,22). The first-order valence-electron chi connectivity index (χ1n) is 6.32. The van der Waals surface area contributed by atoms with Crippen molar-refractivity contribution in [2.24, 2.45) is 5.73 Å². The Morgan fingerprint density at radius 2 is 2.04 bits per heavy atom. The maximum Gasteiger partial charge on any atom is 0.434 e. The zero-order valence-corrected chi connectivity index (χ0v) is 11.9. The van der Waals surface area contributed by atoms with Gasteiger partial charge < -0.3 is 10.6 Å². The highest BCUT2D eigenvalue weighted by molar-refractivity contribution is 5.97. The van der Waals surface area contributed by atoms with Crippen molar-refractivity contribution in [2.75, 3.05) is 13.6 Å². The number of halogens is 3. The van der Waals surface area contributed by atoms with Crippen molar-refractivity contribution in [3.8, 4) is 5.82 Å². The summed E-state index contributed by atoms with van der Waals surface area (Å²) < 4.78 is 40.6. The van der Waals surface area contributed by atoms with Crippen LogP contribution in [0.3, 0.4) is 0 Å². The van der Waals surface area contributed by atoms with Crippen molar-refractivity contribution < 1.29 is 22.8 Å². The molecule has 0 radical (unpaired) electrons. The number of primary amides is 1. The molecule has 2 aromatic rings. The maximum atomic E-state index is 13.4. The lowest BCUT2D eigenvalue weighted by molar-refractivity contribution is -0.143. The van der Waals surface area contributed by atoms with Gasteiger partial charge in [-0.15, -0.1) is 0 Å². The molecule has 0 atom stereocenters. The van der Waals surface area contributed by atoms with Crippen LogP contribution in [0.2, 0.25) is 0 Å². The summed E-state index contributed by atoms with van der Waals surface area (Å²) in [6, 6.07) is 4.35. The summed E-state index contributed by atoms with van der Waals surface area (Å²) in [6.07, 6.45) is -2.75. The number of nitrogens with zero attached hydrogens (tertiary/aromatic N) is 4. The highest BCUT2D eigenvalue weighted by atomic mass is 19.4. The van der Waals surface area contributed by atoms with Gasteiger partial charge in [0, 0.05) is 13.2 Å². The van der Waals surface area contributed by atoms with Gasteiger partial charge in [0.2, 0.25) is 5.91 Å². The van der Waals surface area contributed by atoms with Crippen molar-refractivity contribution in [1.29, 1.82) is 0 Å². The van der Waals surface area contributed by atoms with Gasteiger partial charge in [0.05, 0.1) is 18.3 Å². The normalized spacial score (nSPS) is 11.3. The molecule has 122 valence electrons. The van der Waals surface area contributed by atoms with E-state index in [1.807, 2.05) is 0 Å². The van der Waals surface area contributed by atoms with Crippen molar-refractivity contribution in [2.45, 2.75) is 6.18 Å². The number of nitrogens with two attached hydrogens (primary N) is 1. The first-order chi connectivity index (χ1) is 10.7. The summed E-state index contributed by atoms with van der Waals surface area (Å²) >= 11 is 0. The summed E-state index contributed by atoms with van der Waals surface area (Å²) in [7, 11) is 1.17. The SMILES string of the molecule is CN(CC(N)=O)C(=O)c1cnn(-c2ccccn2)c1C(F)(F)F. The van der Waals surface area contributed by atoms with Crippen LogP contribution in [0.25, 0.3) is 5.82 Å². The number of rotatable bonds is 4. The molecule has 23 heavy (non-hydrogen) atoms. The second-order valence-corrected chi connectivity index (χ2v) is 4.63. The van der Waals surface area contributed by atoms with E-state index in [0.29, 0.717) is 4.68 Å². The molecular weight excluding hydrogens is 315 g/mol. The summed E-state index contributed by atoms with van der Waals surface area (Å²) in [5.74, 6) is -1.94. The molecule has 0 unspecified atom stereocenters. The van der Waals surface area contributed by atoms with Crippen LogP contribution in [-0.4, -0.2) is 45.1 Å². The van der Waals surface area contributed by atoms with Crippen molar-refractivity contribution >= 4 is 11.8 Å². The van der Waals surface area contributed by atoms with Crippen LogP contribution < -0.4 is 5.73 Å². The van der Waals surface area contributed by atoms with E-state index in [1.54, 1.807) is 0 Å². The second kappa shape index (κ2) is 6.07. The molecule has 0 fully saturated rings. The predicted molar refractivity (Wildman–Crippen MR) is 72.5 cm³/mol. The van der Waals surface area contributed by atoms with Crippen molar-refractivity contribution in [3.05, 3.63) is 41.9 Å². The minimum absolute atomic E-state index is 0.0866. The van der Waals surface area contributed by atoms with Crippen LogP contribution in [0.1, 0.15) is 16.1 Å². The molecule has 0 saturated heterocycles. The molecule has 7 nitrogen and oxygen atoms in total. The second-order valence-electron chi connectivity index (χ2n) is 4.63. The Bertz CT molecular complexity index is 727. The van der Waals surface area contributed by atoms with Gasteiger partial charge in [-0.05, 0) is 12.1 Å². The molecule has 2 heterocycles. The zero-order chi connectivity index (χ0) is 17.2. The molecule has 0 bridgehead atoms. The molecule has 0 aliphatic rings. The van der Waals surface area contributed by atoms with Crippen LogP contribution in [-0.2, 0) is 11.0 Å². The summed E-state index contributed by atoms with van der Waals surface area (Å²) in [5.41, 5.74) is 2.99. The Labute approximate surface area is 128 Å². The highest BCUT2D eigenvalue weighted by Crippen LogP contribution is 2.33. The Morgan fingerprint density at radius 1 is 1.35 bits per heavy atom. The first-order valence-corrected chi connectivity index (χ1v) is 6.32. The quantitative estimate of drug-likeness (QED) is 0.900. The Kier molecular flexibility index (Phi) is 4.34. The molecule has 0 aromatic carbocycles. The van der Waals surface area contributed by atoms with E-state index in [9.17, 15) is 22.8 Å². The van der Waals surface area contributed by atoms with E-state index in [1.165, 1.54) is 31.4 Å². The van der Waals surface area contributed by atoms with Gasteiger partial charge >= 0.3 is 6.18 Å². The number of pyridine rings is 1. The van der Waals surface area contributed by atoms with Gasteiger partial charge in [-0.25, -0.2) is 9.67 Å². The van der Waals surface area contributed by atoms with Crippen molar-refractivity contribution in [1.82, 2.24) is 19.7 Å². The third kappa shape index (κ3) is 3.47. The van der Waals surface area contributed by atoms with Crippen LogP contribution in [0, 0.1) is 0 Å². The van der Waals surface area contributed by atoms with E-state index in [2.05, 4.69) is 10.1 Å². The lowest BCUT2D eigenvalue weighted by atomic mass is 10.2. The number of alkyl halides is 3. The predicted octanol–water partition coefficient (Wildman–Crippen LogP) is 0.843. The monoisotopic (exact) mass is 327 g/mol. The van der Waals surface area contributed by atoms with Gasteiger partial charge in [-0.2, -0.15) is 18.3 Å². The average molecular weight is 327 g/mol. The van der Waals surface area contributed by atoms with E-state index >= 15 is 0 Å². The van der Waals surface area contributed by atoms with Gasteiger partial charge in [0.15, 0.2) is 11.5 Å². The van der Waals surface area contributed by atoms with Crippen LogP contribution >= 0.6 is 0 Å². The fourth-order valence-corrected chi connectivity index (χ4v) is 1.94. The van der Waals surface area contributed by atoms with Gasteiger partial charge in [-0.1, -0.05) is 6.07 Å². The summed E-state index contributed by atoms with van der Waals surface area (Å²) in [6.45, 7) is -0.509. The Morgan fingerprint density at radius 3 is 2.57 bits per heavy atom. The third-order valence-corrected chi connectivity index (χ3v) is 2.87. The smallest absolute Gasteiger partial charge is 0.368 e. The van der Waals surface area contributed by atoms with E-state index in [0.717, 1.165) is 11.1 Å². The van der Waals surface area contributed by atoms with Crippen molar-refractivity contribution in [3.63, 3.8) is 0 Å². The molecule has 2 aromatic heterocycles. The number of carbonyl (C=O) groups excluding carboxylic acids is 2. The highest BCUT2D eigenvalue weighted by Gasteiger charge is 2.41. The Hall–Kier alpha value is -2.91. The molecule has 2 N–H and O–H groups in total. The fourth-order valence-electron chi connectivity index (χ4n) is 1.94. The molecule has 2 rings (SSSR count). The largest absolute Gasteiger partial charge is 0.434 e. The van der Waals surface area contributed by atoms with Crippen LogP contribution in [0.4, 0.5) is 13.2 Å². The average Bonchev–Trinajstić information content (AvgIpc) is 2.91. The zero-order valence-electron chi connectivity index (χ0n) is 11.9. The van der Waals surface area contributed by atoms with Crippen LogP contribution in [0.5, 0.6) is 0 Å². The first kappa shape index (κ1) is 16.5. The number of likely N-dealkylation sites (N-methyl/N-ethyl adjacent to an activating group) is 1. The fraction of sp³-hybridized carbons (Fsp3) is 0.231. The van der Waals surface area contributed by atoms with Gasteiger partial charge in [-0.3, -0.25) is 9.59 Å².